The molecule has 4 nitrogen and oxygen atoms in total. The van der Waals surface area contributed by atoms with Gasteiger partial charge in [-0.3, -0.25) is 5.32 Å². The number of fused-ring (bicyclic) bond motifs is 1. The van der Waals surface area contributed by atoms with Crippen LogP contribution in [-0.2, 0) is 0 Å². The van der Waals surface area contributed by atoms with Crippen LogP contribution < -0.4 is 14.8 Å². The van der Waals surface area contributed by atoms with Crippen LogP contribution in [-0.4, -0.2) is 13.3 Å². The Labute approximate surface area is 104 Å². The van der Waals surface area contributed by atoms with Crippen molar-refractivity contribution >= 4 is 11.6 Å². The van der Waals surface area contributed by atoms with Crippen molar-refractivity contribution in [3.8, 4) is 29.9 Å². The molecule has 1 aliphatic heterocycles. The summed E-state index contributed by atoms with van der Waals surface area (Å²) in [6.45, 7) is 0.456. The summed E-state index contributed by atoms with van der Waals surface area (Å²) >= 11 is 6.03. The highest BCUT2D eigenvalue weighted by atomic mass is 35.5. The van der Waals surface area contributed by atoms with Crippen molar-refractivity contribution in [1.82, 2.24) is 5.32 Å². The van der Waals surface area contributed by atoms with E-state index in [1.165, 1.54) is 0 Å². The summed E-state index contributed by atoms with van der Waals surface area (Å²) in [4.78, 5) is 0. The van der Waals surface area contributed by atoms with Gasteiger partial charge in [0, 0.05) is 0 Å². The molecular formula is C12H9ClN2O2. The lowest BCUT2D eigenvalue weighted by Crippen LogP contribution is -2.20. The Balaban J connectivity index is 2.30. The van der Waals surface area contributed by atoms with Gasteiger partial charge in [0.2, 0.25) is 6.79 Å². The predicted molar refractivity (Wildman–Crippen MR) is 62.8 cm³/mol. The highest BCUT2D eigenvalue weighted by Gasteiger charge is 2.21. The van der Waals surface area contributed by atoms with Crippen molar-refractivity contribution in [2.24, 2.45) is 0 Å². The van der Waals surface area contributed by atoms with Crippen LogP contribution in [0.25, 0.3) is 0 Å². The molecule has 2 rings (SSSR count). The number of hydrogen-bond acceptors (Lipinski definition) is 4. The van der Waals surface area contributed by atoms with E-state index in [1.807, 2.05) is 0 Å². The number of terminal acetylenes is 1. The largest absolute Gasteiger partial charge is 0.454 e. The minimum Gasteiger partial charge on any atom is -0.454 e. The van der Waals surface area contributed by atoms with Gasteiger partial charge < -0.3 is 9.47 Å². The second kappa shape index (κ2) is 4.97. The van der Waals surface area contributed by atoms with E-state index >= 15 is 0 Å². The lowest BCUT2D eigenvalue weighted by Gasteiger charge is -2.11. The quantitative estimate of drug-likeness (QED) is 0.830. The molecule has 0 saturated heterocycles. The predicted octanol–water partition coefficient (Wildman–Crippen LogP) is 1.86. The molecular weight excluding hydrogens is 240 g/mol. The second-order valence-electron chi connectivity index (χ2n) is 3.38. The van der Waals surface area contributed by atoms with Crippen molar-refractivity contribution in [1.29, 1.82) is 5.26 Å². The van der Waals surface area contributed by atoms with Gasteiger partial charge in [0.15, 0.2) is 11.5 Å². The van der Waals surface area contributed by atoms with Gasteiger partial charge in [-0.15, -0.1) is 6.42 Å². The van der Waals surface area contributed by atoms with Gasteiger partial charge >= 0.3 is 0 Å². The molecule has 0 fully saturated rings. The summed E-state index contributed by atoms with van der Waals surface area (Å²) in [7, 11) is 0. The summed E-state index contributed by atoms with van der Waals surface area (Å²) in [6, 6.07) is 5.00. The summed E-state index contributed by atoms with van der Waals surface area (Å²) in [5, 5.41) is 12.4. The van der Waals surface area contributed by atoms with Crippen LogP contribution in [0.5, 0.6) is 11.5 Å². The molecule has 5 heteroatoms. The fourth-order valence-corrected chi connectivity index (χ4v) is 1.83. The average molecular weight is 249 g/mol. The van der Waals surface area contributed by atoms with Crippen molar-refractivity contribution in [3.05, 3.63) is 22.7 Å². The zero-order valence-electron chi connectivity index (χ0n) is 8.87. The molecule has 0 aliphatic carbocycles. The maximum atomic E-state index is 9.05. The molecule has 0 bridgehead atoms. The number of nitriles is 1. The topological polar surface area (TPSA) is 54.3 Å². The van der Waals surface area contributed by atoms with Crippen LogP contribution in [0.15, 0.2) is 12.1 Å². The van der Waals surface area contributed by atoms with E-state index in [9.17, 15) is 0 Å². The number of nitrogens with zero attached hydrogens (tertiary/aromatic N) is 1. The summed E-state index contributed by atoms with van der Waals surface area (Å²) in [6.07, 6.45) is 5.14. The number of nitrogens with one attached hydrogen (secondary N) is 1. The van der Waals surface area contributed by atoms with E-state index in [1.54, 1.807) is 12.1 Å². The van der Waals surface area contributed by atoms with Crippen LogP contribution in [0.1, 0.15) is 11.6 Å². The molecule has 1 heterocycles. The van der Waals surface area contributed by atoms with E-state index in [-0.39, 0.29) is 6.79 Å². The third kappa shape index (κ3) is 2.29. The molecule has 0 saturated carbocycles. The summed E-state index contributed by atoms with van der Waals surface area (Å²) in [5.41, 5.74) is 0.706. The van der Waals surface area contributed by atoms with Gasteiger partial charge in [-0.2, -0.15) is 5.26 Å². The van der Waals surface area contributed by atoms with E-state index < -0.39 is 6.04 Å². The van der Waals surface area contributed by atoms with Crippen LogP contribution in [0, 0.1) is 23.7 Å². The minimum atomic E-state index is -0.516. The third-order valence-electron chi connectivity index (χ3n) is 2.32. The number of hydrogen-bond donors (Lipinski definition) is 1. The molecule has 0 radical (unpaired) electrons. The van der Waals surface area contributed by atoms with Crippen LogP contribution >= 0.6 is 11.6 Å². The monoisotopic (exact) mass is 248 g/mol. The SMILES string of the molecule is C#CCNC(C#N)c1cc(Cl)c2c(c1)OCO2. The maximum absolute atomic E-state index is 9.05. The maximum Gasteiger partial charge on any atom is 0.231 e. The number of halogens is 1. The average Bonchev–Trinajstić information content (AvgIpc) is 2.79. The molecule has 1 aliphatic rings. The Hall–Kier alpha value is -1.88. The Morgan fingerprint density at radius 3 is 3.06 bits per heavy atom. The molecule has 1 aromatic rings. The van der Waals surface area contributed by atoms with Gasteiger partial charge in [0.1, 0.15) is 6.04 Å². The van der Waals surface area contributed by atoms with Gasteiger partial charge in [-0.05, 0) is 17.7 Å². The van der Waals surface area contributed by atoms with E-state index in [2.05, 4.69) is 17.3 Å². The van der Waals surface area contributed by atoms with E-state index in [0.717, 1.165) is 0 Å². The first-order chi connectivity index (χ1) is 8.26. The first-order valence-electron chi connectivity index (χ1n) is 4.91. The van der Waals surface area contributed by atoms with Gasteiger partial charge in [-0.25, -0.2) is 0 Å². The molecule has 1 aromatic carbocycles. The fourth-order valence-electron chi connectivity index (χ4n) is 1.55. The van der Waals surface area contributed by atoms with Gasteiger partial charge in [-0.1, -0.05) is 17.5 Å². The molecule has 86 valence electrons. The molecule has 1 N–H and O–H groups in total. The second-order valence-corrected chi connectivity index (χ2v) is 3.79. The van der Waals surface area contributed by atoms with Gasteiger partial charge in [0.05, 0.1) is 17.6 Å². The fraction of sp³-hybridized carbons (Fsp3) is 0.250. The Kier molecular flexibility index (Phi) is 3.39. The number of ether oxygens (including phenoxy) is 2. The Morgan fingerprint density at radius 2 is 2.35 bits per heavy atom. The van der Waals surface area contributed by atoms with Crippen molar-refractivity contribution in [3.63, 3.8) is 0 Å². The minimum absolute atomic E-state index is 0.146. The van der Waals surface area contributed by atoms with E-state index in [0.29, 0.717) is 28.6 Å². The van der Waals surface area contributed by atoms with Crippen LogP contribution in [0.4, 0.5) is 0 Å². The first-order valence-corrected chi connectivity index (χ1v) is 5.29. The van der Waals surface area contributed by atoms with Gasteiger partial charge in [0.25, 0.3) is 0 Å². The van der Waals surface area contributed by atoms with E-state index in [4.69, 9.17) is 32.8 Å². The zero-order valence-corrected chi connectivity index (χ0v) is 9.62. The van der Waals surface area contributed by atoms with Crippen LogP contribution in [0.2, 0.25) is 5.02 Å². The number of rotatable bonds is 3. The highest BCUT2D eigenvalue weighted by Crippen LogP contribution is 2.40. The van der Waals surface area contributed by atoms with Crippen molar-refractivity contribution < 1.29 is 9.47 Å². The molecule has 17 heavy (non-hydrogen) atoms. The Bertz CT molecular complexity index is 516. The molecule has 0 amide bonds. The molecule has 0 spiro atoms. The normalized spacial score (nSPS) is 13.8. The smallest absolute Gasteiger partial charge is 0.231 e. The lowest BCUT2D eigenvalue weighted by atomic mass is 10.1. The van der Waals surface area contributed by atoms with Crippen molar-refractivity contribution in [2.45, 2.75) is 6.04 Å². The summed E-state index contributed by atoms with van der Waals surface area (Å²) < 4.78 is 10.4. The Morgan fingerprint density at radius 1 is 1.53 bits per heavy atom. The van der Waals surface area contributed by atoms with Crippen molar-refractivity contribution in [2.75, 3.05) is 13.3 Å². The summed E-state index contributed by atoms with van der Waals surface area (Å²) in [5.74, 6) is 3.49. The first kappa shape index (κ1) is 11.6. The zero-order chi connectivity index (χ0) is 12.3. The molecule has 1 unspecified atom stereocenters. The molecule has 1 atom stereocenters. The standard InChI is InChI=1S/C12H9ClN2O2/c1-2-3-15-10(6-14)8-4-9(13)12-11(5-8)16-7-17-12/h1,4-5,10,15H,3,7H2. The third-order valence-corrected chi connectivity index (χ3v) is 2.60. The molecule has 0 aromatic heterocycles. The lowest BCUT2D eigenvalue weighted by molar-refractivity contribution is 0.174. The number of benzene rings is 1. The highest BCUT2D eigenvalue weighted by molar-refractivity contribution is 6.32. The van der Waals surface area contributed by atoms with Crippen LogP contribution in [0.3, 0.4) is 0 Å².